The number of benzene rings is 1. The van der Waals surface area contributed by atoms with E-state index < -0.39 is 50.2 Å². The van der Waals surface area contributed by atoms with E-state index in [1.54, 1.807) is 19.1 Å². The van der Waals surface area contributed by atoms with Crippen LogP contribution in [0.3, 0.4) is 0 Å². The number of alkyl halides is 2. The fourth-order valence-electron chi connectivity index (χ4n) is 3.86. The zero-order valence-corrected chi connectivity index (χ0v) is 17.9. The summed E-state index contributed by atoms with van der Waals surface area (Å²) in [4.78, 5) is 24.9. The third kappa shape index (κ3) is 3.53. The minimum absolute atomic E-state index is 0.151. The largest absolute Gasteiger partial charge is 0.465 e. The summed E-state index contributed by atoms with van der Waals surface area (Å²) >= 11 is 0. The Labute approximate surface area is 169 Å². The lowest BCUT2D eigenvalue weighted by Crippen LogP contribution is -2.43. The van der Waals surface area contributed by atoms with Crippen LogP contribution in [-0.4, -0.2) is 45.2 Å². The van der Waals surface area contributed by atoms with Crippen molar-refractivity contribution in [1.82, 2.24) is 0 Å². The van der Waals surface area contributed by atoms with Crippen LogP contribution < -0.4 is 0 Å². The first-order valence-corrected chi connectivity index (χ1v) is 11.0. The molecule has 0 N–H and O–H groups in total. The van der Waals surface area contributed by atoms with Crippen molar-refractivity contribution in [2.45, 2.75) is 45.4 Å². The molecule has 0 aromatic heterocycles. The van der Waals surface area contributed by atoms with Crippen molar-refractivity contribution in [2.24, 2.45) is 16.7 Å². The standard InChI is InChI=1S/C20H26F2O6S/c1-6-27-16(23)15(17(24)28-7-2)19(18(4,5)20(19,21)22)12-29(25,26)14-10-8-13(3)9-11-14/h8-11,15H,6-7,12H2,1-5H3. The van der Waals surface area contributed by atoms with Crippen LogP contribution in [0.15, 0.2) is 29.2 Å². The summed E-state index contributed by atoms with van der Waals surface area (Å²) in [5.74, 6) is -9.19. The molecular formula is C20H26F2O6S. The monoisotopic (exact) mass is 432 g/mol. The molecule has 162 valence electrons. The van der Waals surface area contributed by atoms with E-state index in [1.807, 2.05) is 0 Å². The molecule has 1 aromatic rings. The van der Waals surface area contributed by atoms with Gasteiger partial charge >= 0.3 is 11.9 Å². The maximum atomic E-state index is 15.1. The van der Waals surface area contributed by atoms with Gasteiger partial charge in [0.2, 0.25) is 0 Å². The number of rotatable bonds is 8. The van der Waals surface area contributed by atoms with E-state index in [0.29, 0.717) is 0 Å². The lowest BCUT2D eigenvalue weighted by molar-refractivity contribution is -0.167. The average molecular weight is 432 g/mol. The Morgan fingerprint density at radius 1 is 1.00 bits per heavy atom. The number of halogens is 2. The molecule has 0 saturated heterocycles. The minimum atomic E-state index is -4.25. The second-order valence-electron chi connectivity index (χ2n) is 7.68. The Balaban J connectivity index is 2.61. The maximum Gasteiger partial charge on any atom is 0.321 e. The molecule has 1 fully saturated rings. The Morgan fingerprint density at radius 3 is 1.76 bits per heavy atom. The number of carbonyl (C=O) groups excluding carboxylic acids is 2. The van der Waals surface area contributed by atoms with Crippen molar-refractivity contribution in [3.05, 3.63) is 29.8 Å². The van der Waals surface area contributed by atoms with Gasteiger partial charge in [0, 0.05) is 5.41 Å². The van der Waals surface area contributed by atoms with Crippen molar-refractivity contribution < 1.29 is 36.3 Å². The van der Waals surface area contributed by atoms with Gasteiger partial charge in [0.1, 0.15) is 0 Å². The van der Waals surface area contributed by atoms with Gasteiger partial charge in [-0.05, 0) is 32.9 Å². The first kappa shape index (κ1) is 23.3. The third-order valence-corrected chi connectivity index (χ3v) is 7.56. The zero-order valence-electron chi connectivity index (χ0n) is 17.1. The molecule has 0 amide bonds. The Kier molecular flexibility index (Phi) is 6.14. The number of carbonyl (C=O) groups is 2. The number of hydrogen-bond donors (Lipinski definition) is 0. The summed E-state index contributed by atoms with van der Waals surface area (Å²) in [7, 11) is -4.25. The first-order valence-electron chi connectivity index (χ1n) is 9.30. The first-order chi connectivity index (χ1) is 13.3. The third-order valence-electron chi connectivity index (χ3n) is 5.73. The molecule has 0 radical (unpaired) electrons. The summed E-state index contributed by atoms with van der Waals surface area (Å²) < 4.78 is 65.9. The lowest BCUT2D eigenvalue weighted by atomic mass is 9.83. The van der Waals surface area contributed by atoms with Gasteiger partial charge < -0.3 is 9.47 Å². The van der Waals surface area contributed by atoms with Gasteiger partial charge in [-0.15, -0.1) is 0 Å². The van der Waals surface area contributed by atoms with Gasteiger partial charge in [-0.25, -0.2) is 17.2 Å². The molecule has 6 nitrogen and oxygen atoms in total. The van der Waals surface area contributed by atoms with Gasteiger partial charge in [0.15, 0.2) is 15.8 Å². The van der Waals surface area contributed by atoms with Crippen LogP contribution >= 0.6 is 0 Å². The summed E-state index contributed by atoms with van der Waals surface area (Å²) in [6.07, 6.45) is 0. The quantitative estimate of drug-likeness (QED) is 0.463. The van der Waals surface area contributed by atoms with E-state index in [0.717, 1.165) is 19.4 Å². The molecule has 0 aliphatic heterocycles. The molecule has 1 unspecified atom stereocenters. The molecule has 0 spiro atoms. The molecule has 1 atom stereocenters. The molecule has 1 aromatic carbocycles. The number of hydrogen-bond acceptors (Lipinski definition) is 6. The van der Waals surface area contributed by atoms with E-state index in [-0.39, 0.29) is 18.1 Å². The Bertz CT molecular complexity index is 858. The Morgan fingerprint density at radius 2 is 1.41 bits per heavy atom. The van der Waals surface area contributed by atoms with Gasteiger partial charge in [-0.2, -0.15) is 0 Å². The van der Waals surface area contributed by atoms with E-state index in [9.17, 15) is 18.0 Å². The van der Waals surface area contributed by atoms with Crippen molar-refractivity contribution >= 4 is 21.8 Å². The predicted molar refractivity (Wildman–Crippen MR) is 101 cm³/mol. The highest BCUT2D eigenvalue weighted by Crippen LogP contribution is 2.78. The smallest absolute Gasteiger partial charge is 0.321 e. The lowest BCUT2D eigenvalue weighted by Gasteiger charge is -2.26. The fourth-order valence-corrected chi connectivity index (χ4v) is 5.88. The SMILES string of the molecule is CCOC(=O)C(C(=O)OCC)C1(CS(=O)(=O)c2ccc(C)cc2)C(C)(C)C1(F)F. The maximum absolute atomic E-state index is 15.1. The zero-order chi connectivity index (χ0) is 22.3. The summed E-state index contributed by atoms with van der Waals surface area (Å²) in [5.41, 5.74) is -3.63. The molecule has 1 aliphatic carbocycles. The molecule has 0 heterocycles. The molecule has 0 bridgehead atoms. The van der Waals surface area contributed by atoms with Gasteiger partial charge in [-0.1, -0.05) is 31.5 Å². The van der Waals surface area contributed by atoms with Crippen LogP contribution in [0.2, 0.25) is 0 Å². The van der Waals surface area contributed by atoms with Gasteiger partial charge in [0.05, 0.1) is 29.3 Å². The van der Waals surface area contributed by atoms with Gasteiger partial charge in [-0.3, -0.25) is 9.59 Å². The number of ether oxygens (including phenoxy) is 2. The van der Waals surface area contributed by atoms with E-state index in [1.165, 1.54) is 26.0 Å². The van der Waals surface area contributed by atoms with Crippen molar-refractivity contribution in [3.63, 3.8) is 0 Å². The number of aryl methyl sites for hydroxylation is 1. The highest BCUT2D eigenvalue weighted by Gasteiger charge is 2.91. The summed E-state index contributed by atoms with van der Waals surface area (Å²) in [6, 6.07) is 5.72. The van der Waals surface area contributed by atoms with Crippen LogP contribution in [0, 0.1) is 23.7 Å². The fraction of sp³-hybridized carbons (Fsp3) is 0.600. The van der Waals surface area contributed by atoms with Crippen LogP contribution in [0.1, 0.15) is 33.3 Å². The normalized spacial score (nSPS) is 22.2. The molecule has 2 rings (SSSR count). The Hall–Kier alpha value is -2.03. The summed E-state index contributed by atoms with van der Waals surface area (Å²) in [5, 5.41) is 0. The van der Waals surface area contributed by atoms with Crippen LogP contribution in [0.4, 0.5) is 8.78 Å². The molecular weight excluding hydrogens is 406 g/mol. The molecule has 9 heteroatoms. The van der Waals surface area contributed by atoms with Crippen LogP contribution in [0.5, 0.6) is 0 Å². The second-order valence-corrected chi connectivity index (χ2v) is 9.67. The van der Waals surface area contributed by atoms with Crippen molar-refractivity contribution in [2.75, 3.05) is 19.0 Å². The van der Waals surface area contributed by atoms with Crippen LogP contribution in [0.25, 0.3) is 0 Å². The molecule has 1 saturated carbocycles. The van der Waals surface area contributed by atoms with Crippen molar-refractivity contribution in [1.29, 1.82) is 0 Å². The molecule has 1 aliphatic rings. The summed E-state index contributed by atoms with van der Waals surface area (Å²) in [6.45, 7) is 6.67. The van der Waals surface area contributed by atoms with Crippen molar-refractivity contribution in [3.8, 4) is 0 Å². The van der Waals surface area contributed by atoms with E-state index >= 15 is 8.78 Å². The van der Waals surface area contributed by atoms with Crippen LogP contribution in [-0.2, 0) is 28.9 Å². The van der Waals surface area contributed by atoms with E-state index in [2.05, 4.69) is 0 Å². The molecule has 29 heavy (non-hydrogen) atoms. The minimum Gasteiger partial charge on any atom is -0.465 e. The number of sulfone groups is 1. The topological polar surface area (TPSA) is 86.7 Å². The second kappa shape index (κ2) is 7.66. The average Bonchev–Trinajstić information content (AvgIpc) is 2.93. The highest BCUT2D eigenvalue weighted by molar-refractivity contribution is 7.91. The predicted octanol–water partition coefficient (Wildman–Crippen LogP) is 3.17. The van der Waals surface area contributed by atoms with E-state index in [4.69, 9.17) is 9.47 Å². The van der Waals surface area contributed by atoms with Gasteiger partial charge in [0.25, 0.3) is 5.92 Å². The number of esters is 2. The highest BCUT2D eigenvalue weighted by atomic mass is 32.2.